The van der Waals surface area contributed by atoms with E-state index in [1.165, 1.54) is 44.7 Å². The Labute approximate surface area is 130 Å². The topological polar surface area (TPSA) is 18.5 Å². The first-order chi connectivity index (χ1) is 10.2. The first kappa shape index (κ1) is 16.5. The third-order valence-corrected chi connectivity index (χ3v) is 4.29. The zero-order valence-electron chi connectivity index (χ0n) is 13.9. The Morgan fingerprint density at radius 2 is 1.71 bits per heavy atom. The number of piperazine rings is 1. The Balaban J connectivity index is 1.99. The average Bonchev–Trinajstić information content (AvgIpc) is 2.50. The molecule has 2 rings (SSSR count). The second-order valence-corrected chi connectivity index (χ2v) is 6.37. The molecule has 0 radical (unpaired) electrons. The second kappa shape index (κ2) is 8.52. The lowest BCUT2D eigenvalue weighted by atomic mass is 10.0. The lowest BCUT2D eigenvalue weighted by molar-refractivity contribution is 0.0941. The molecule has 0 aromatic heterocycles. The van der Waals surface area contributed by atoms with Crippen LogP contribution in [0.15, 0.2) is 30.3 Å². The predicted octanol–water partition coefficient (Wildman–Crippen LogP) is 2.75. The first-order valence-corrected chi connectivity index (χ1v) is 8.45. The van der Waals surface area contributed by atoms with Crippen molar-refractivity contribution in [2.45, 2.75) is 39.3 Å². The fraction of sp³-hybridized carbons (Fsp3) is 0.667. The molecule has 1 saturated heterocycles. The van der Waals surface area contributed by atoms with Gasteiger partial charge in [0.2, 0.25) is 0 Å². The van der Waals surface area contributed by atoms with E-state index in [1.54, 1.807) is 0 Å². The van der Waals surface area contributed by atoms with Gasteiger partial charge in [-0.1, -0.05) is 51.1 Å². The van der Waals surface area contributed by atoms with Crippen LogP contribution >= 0.6 is 0 Å². The van der Waals surface area contributed by atoms with Crippen molar-refractivity contribution in [1.29, 1.82) is 0 Å². The van der Waals surface area contributed by atoms with Crippen molar-refractivity contribution in [3.63, 3.8) is 0 Å². The maximum Gasteiger partial charge on any atom is 0.0473 e. The molecule has 1 aromatic rings. The first-order valence-electron chi connectivity index (χ1n) is 8.45. The molecule has 1 unspecified atom stereocenters. The van der Waals surface area contributed by atoms with Crippen molar-refractivity contribution >= 4 is 0 Å². The number of nitrogens with zero attached hydrogens (tertiary/aromatic N) is 2. The molecule has 0 amide bonds. The lowest BCUT2D eigenvalue weighted by Gasteiger charge is -2.40. The van der Waals surface area contributed by atoms with Gasteiger partial charge in [0.15, 0.2) is 0 Å². The molecule has 1 heterocycles. The van der Waals surface area contributed by atoms with Crippen LogP contribution in [-0.4, -0.2) is 55.1 Å². The minimum Gasteiger partial charge on any atom is -0.313 e. The van der Waals surface area contributed by atoms with Crippen molar-refractivity contribution in [2.24, 2.45) is 0 Å². The summed E-state index contributed by atoms with van der Waals surface area (Å²) in [4.78, 5) is 5.24. The van der Waals surface area contributed by atoms with Crippen LogP contribution < -0.4 is 5.32 Å². The maximum atomic E-state index is 3.62. The van der Waals surface area contributed by atoms with E-state index in [4.69, 9.17) is 0 Å². The van der Waals surface area contributed by atoms with Crippen LogP contribution in [0.25, 0.3) is 0 Å². The zero-order chi connectivity index (χ0) is 15.1. The fourth-order valence-corrected chi connectivity index (χ4v) is 3.10. The molecule has 0 aliphatic carbocycles. The summed E-state index contributed by atoms with van der Waals surface area (Å²) in [6, 6.07) is 12.0. The van der Waals surface area contributed by atoms with E-state index in [2.05, 4.69) is 66.2 Å². The Morgan fingerprint density at radius 1 is 1.05 bits per heavy atom. The molecule has 1 aliphatic rings. The minimum absolute atomic E-state index is 0.498. The van der Waals surface area contributed by atoms with Gasteiger partial charge < -0.3 is 10.2 Å². The predicted molar refractivity (Wildman–Crippen MR) is 90.6 cm³/mol. The fourth-order valence-electron chi connectivity index (χ4n) is 3.10. The van der Waals surface area contributed by atoms with E-state index in [0.717, 1.165) is 6.54 Å². The summed E-state index contributed by atoms with van der Waals surface area (Å²) in [5, 5.41) is 3.62. The van der Waals surface area contributed by atoms with Gasteiger partial charge in [-0.2, -0.15) is 0 Å². The van der Waals surface area contributed by atoms with E-state index in [0.29, 0.717) is 12.1 Å². The summed E-state index contributed by atoms with van der Waals surface area (Å²) < 4.78 is 0. The largest absolute Gasteiger partial charge is 0.313 e. The molecule has 3 heteroatoms. The maximum absolute atomic E-state index is 3.62. The molecule has 1 fully saturated rings. The molecule has 118 valence electrons. The van der Waals surface area contributed by atoms with Gasteiger partial charge in [-0.3, -0.25) is 4.90 Å². The van der Waals surface area contributed by atoms with Crippen molar-refractivity contribution in [2.75, 3.05) is 39.3 Å². The number of nitrogens with one attached hydrogen (secondary N) is 1. The van der Waals surface area contributed by atoms with Gasteiger partial charge >= 0.3 is 0 Å². The molecule has 1 aliphatic heterocycles. The van der Waals surface area contributed by atoms with Crippen molar-refractivity contribution in [3.05, 3.63) is 35.9 Å². The Hall–Kier alpha value is -0.900. The molecule has 0 bridgehead atoms. The van der Waals surface area contributed by atoms with Crippen molar-refractivity contribution < 1.29 is 0 Å². The number of hydrogen-bond acceptors (Lipinski definition) is 3. The summed E-state index contributed by atoms with van der Waals surface area (Å²) in [7, 11) is 0. The van der Waals surface area contributed by atoms with Crippen LogP contribution in [-0.2, 0) is 0 Å². The van der Waals surface area contributed by atoms with E-state index >= 15 is 0 Å². The molecule has 1 aromatic carbocycles. The van der Waals surface area contributed by atoms with Crippen molar-refractivity contribution in [1.82, 2.24) is 15.1 Å². The Kier molecular flexibility index (Phi) is 6.68. The average molecular weight is 289 g/mol. The molecule has 0 saturated carbocycles. The normalized spacial score (nSPS) is 19.0. The van der Waals surface area contributed by atoms with E-state index in [-0.39, 0.29) is 0 Å². The van der Waals surface area contributed by atoms with Gasteiger partial charge in [-0.05, 0) is 18.5 Å². The van der Waals surface area contributed by atoms with Crippen LogP contribution in [0.5, 0.6) is 0 Å². The number of hydrogen-bond donors (Lipinski definition) is 1. The van der Waals surface area contributed by atoms with E-state index < -0.39 is 0 Å². The number of benzene rings is 1. The quantitative estimate of drug-likeness (QED) is 0.833. The van der Waals surface area contributed by atoms with Crippen LogP contribution in [0, 0.1) is 0 Å². The molecule has 0 spiro atoms. The molecule has 1 atom stereocenters. The van der Waals surface area contributed by atoms with Gasteiger partial charge in [0.05, 0.1) is 0 Å². The highest BCUT2D eigenvalue weighted by Crippen LogP contribution is 2.21. The monoisotopic (exact) mass is 289 g/mol. The Morgan fingerprint density at radius 3 is 2.29 bits per heavy atom. The van der Waals surface area contributed by atoms with Crippen LogP contribution in [0.4, 0.5) is 0 Å². The molecule has 21 heavy (non-hydrogen) atoms. The van der Waals surface area contributed by atoms with Gasteiger partial charge in [-0.25, -0.2) is 0 Å². The summed E-state index contributed by atoms with van der Waals surface area (Å²) >= 11 is 0. The molecular formula is C18H31N3. The van der Waals surface area contributed by atoms with Gasteiger partial charge in [0, 0.05) is 44.8 Å². The van der Waals surface area contributed by atoms with Crippen LogP contribution in [0.1, 0.15) is 38.8 Å². The smallest absolute Gasteiger partial charge is 0.0473 e. The molecule has 3 nitrogen and oxygen atoms in total. The van der Waals surface area contributed by atoms with Gasteiger partial charge in [-0.15, -0.1) is 0 Å². The third kappa shape index (κ3) is 5.10. The highest BCUT2D eigenvalue weighted by Gasteiger charge is 2.24. The van der Waals surface area contributed by atoms with Crippen molar-refractivity contribution in [3.8, 4) is 0 Å². The molecule has 1 N–H and O–H groups in total. The minimum atomic E-state index is 0.498. The Bertz CT molecular complexity index is 383. The SMILES string of the molecule is CCCN1CCN(C(CNC(C)C)c2ccccc2)CC1. The summed E-state index contributed by atoms with van der Waals surface area (Å²) in [6.45, 7) is 13.8. The van der Waals surface area contributed by atoms with Gasteiger partial charge in [0.1, 0.15) is 0 Å². The summed E-state index contributed by atoms with van der Waals surface area (Å²) in [5.74, 6) is 0. The third-order valence-electron chi connectivity index (χ3n) is 4.29. The highest BCUT2D eigenvalue weighted by atomic mass is 15.3. The highest BCUT2D eigenvalue weighted by molar-refractivity contribution is 5.19. The second-order valence-electron chi connectivity index (χ2n) is 6.37. The van der Waals surface area contributed by atoms with E-state index in [1.807, 2.05) is 0 Å². The molecular weight excluding hydrogens is 258 g/mol. The van der Waals surface area contributed by atoms with Crippen LogP contribution in [0.3, 0.4) is 0 Å². The van der Waals surface area contributed by atoms with Gasteiger partial charge in [0.25, 0.3) is 0 Å². The van der Waals surface area contributed by atoms with E-state index in [9.17, 15) is 0 Å². The standard InChI is InChI=1S/C18H31N3/c1-4-10-20-11-13-21(14-12-20)18(15-19-16(2)3)17-8-6-5-7-9-17/h5-9,16,18-19H,4,10-15H2,1-3H3. The van der Waals surface area contributed by atoms with Crippen LogP contribution in [0.2, 0.25) is 0 Å². The summed E-state index contributed by atoms with van der Waals surface area (Å²) in [5.41, 5.74) is 1.44. The summed E-state index contributed by atoms with van der Waals surface area (Å²) in [6.07, 6.45) is 1.26. The lowest BCUT2D eigenvalue weighted by Crippen LogP contribution is -2.49. The zero-order valence-corrected chi connectivity index (χ0v) is 13.9. The number of rotatable bonds is 7.